The van der Waals surface area contributed by atoms with Crippen molar-refractivity contribution in [3.8, 4) is 0 Å². The van der Waals surface area contributed by atoms with Gasteiger partial charge in [-0.1, -0.05) is 31.4 Å². The zero-order chi connectivity index (χ0) is 9.94. The topological polar surface area (TPSA) is 43.1 Å². The van der Waals surface area contributed by atoms with Gasteiger partial charge in [0.05, 0.1) is 0 Å². The standard InChI is InChI=1S/C11H21NO/c1-2-3-4-5-6-7-8-9-10-11(12)13/h2-3H,4-10H2,1H3,(H2,12,13). The smallest absolute Gasteiger partial charge is 0.217 e. The van der Waals surface area contributed by atoms with E-state index in [0.717, 1.165) is 12.8 Å². The molecule has 2 nitrogen and oxygen atoms in total. The van der Waals surface area contributed by atoms with Gasteiger partial charge in [0.2, 0.25) is 5.91 Å². The van der Waals surface area contributed by atoms with Crippen LogP contribution in [0.5, 0.6) is 0 Å². The number of hydrogen-bond donors (Lipinski definition) is 1. The van der Waals surface area contributed by atoms with Crippen LogP contribution in [-0.2, 0) is 4.79 Å². The molecule has 0 rings (SSSR count). The van der Waals surface area contributed by atoms with E-state index in [0.29, 0.717) is 6.42 Å². The summed E-state index contributed by atoms with van der Waals surface area (Å²) in [5.41, 5.74) is 5.02. The lowest BCUT2D eigenvalue weighted by molar-refractivity contribution is -0.118. The van der Waals surface area contributed by atoms with Crippen LogP contribution in [0.25, 0.3) is 0 Å². The summed E-state index contributed by atoms with van der Waals surface area (Å²) in [5.74, 6) is -0.172. The van der Waals surface area contributed by atoms with Gasteiger partial charge in [-0.15, -0.1) is 0 Å². The minimum absolute atomic E-state index is 0.172. The fraction of sp³-hybridized carbons (Fsp3) is 0.727. The van der Waals surface area contributed by atoms with Crippen LogP contribution >= 0.6 is 0 Å². The summed E-state index contributed by atoms with van der Waals surface area (Å²) in [6, 6.07) is 0. The first-order valence-corrected chi connectivity index (χ1v) is 5.17. The number of carbonyl (C=O) groups is 1. The van der Waals surface area contributed by atoms with E-state index >= 15 is 0 Å². The SMILES string of the molecule is CC=CCCCCCCCC(N)=O. The molecule has 0 atom stereocenters. The summed E-state index contributed by atoms with van der Waals surface area (Å²) in [7, 11) is 0. The Morgan fingerprint density at radius 3 is 2.38 bits per heavy atom. The molecule has 0 radical (unpaired) electrons. The highest BCUT2D eigenvalue weighted by molar-refractivity contribution is 5.73. The molecule has 0 aliphatic rings. The molecule has 0 aliphatic carbocycles. The van der Waals surface area contributed by atoms with Gasteiger partial charge in [0.1, 0.15) is 0 Å². The normalized spacial score (nSPS) is 10.8. The van der Waals surface area contributed by atoms with Crippen molar-refractivity contribution >= 4 is 5.91 Å². The van der Waals surface area contributed by atoms with Crippen LogP contribution in [0.3, 0.4) is 0 Å². The van der Waals surface area contributed by atoms with Gasteiger partial charge >= 0.3 is 0 Å². The number of amides is 1. The average molecular weight is 183 g/mol. The molecule has 0 saturated heterocycles. The van der Waals surface area contributed by atoms with Crippen molar-refractivity contribution < 1.29 is 4.79 Å². The Morgan fingerprint density at radius 2 is 1.77 bits per heavy atom. The Kier molecular flexibility index (Phi) is 8.73. The third-order valence-corrected chi connectivity index (χ3v) is 2.03. The molecule has 0 aliphatic heterocycles. The van der Waals surface area contributed by atoms with Crippen molar-refractivity contribution in [2.45, 2.75) is 51.9 Å². The summed E-state index contributed by atoms with van der Waals surface area (Å²) in [6.07, 6.45) is 11.9. The number of nitrogens with two attached hydrogens (primary N) is 1. The molecule has 0 aromatic rings. The summed E-state index contributed by atoms with van der Waals surface area (Å²) in [5, 5.41) is 0. The van der Waals surface area contributed by atoms with Gasteiger partial charge in [-0.3, -0.25) is 4.79 Å². The van der Waals surface area contributed by atoms with Crippen LogP contribution in [0.4, 0.5) is 0 Å². The van der Waals surface area contributed by atoms with E-state index in [2.05, 4.69) is 12.2 Å². The van der Waals surface area contributed by atoms with Gasteiger partial charge in [0.25, 0.3) is 0 Å². The van der Waals surface area contributed by atoms with E-state index in [1.165, 1.54) is 25.7 Å². The summed E-state index contributed by atoms with van der Waals surface area (Å²) >= 11 is 0. The molecule has 0 aromatic heterocycles. The maximum Gasteiger partial charge on any atom is 0.217 e. The van der Waals surface area contributed by atoms with E-state index in [-0.39, 0.29) is 5.91 Å². The van der Waals surface area contributed by atoms with Gasteiger partial charge in [-0.2, -0.15) is 0 Å². The Labute approximate surface area is 81.2 Å². The molecule has 0 aromatic carbocycles. The number of unbranched alkanes of at least 4 members (excludes halogenated alkanes) is 5. The predicted molar refractivity (Wildman–Crippen MR) is 56.3 cm³/mol. The molecule has 1 amide bonds. The monoisotopic (exact) mass is 183 g/mol. The van der Waals surface area contributed by atoms with Crippen LogP contribution in [0, 0.1) is 0 Å². The lowest BCUT2D eigenvalue weighted by Gasteiger charge is -1.98. The first-order valence-electron chi connectivity index (χ1n) is 5.17. The lowest BCUT2D eigenvalue weighted by atomic mass is 10.1. The second-order valence-corrected chi connectivity index (χ2v) is 3.34. The molecule has 0 heterocycles. The highest BCUT2D eigenvalue weighted by atomic mass is 16.1. The maximum absolute atomic E-state index is 10.4. The van der Waals surface area contributed by atoms with Crippen molar-refractivity contribution in [2.24, 2.45) is 5.73 Å². The molecular weight excluding hydrogens is 162 g/mol. The lowest BCUT2D eigenvalue weighted by Crippen LogP contribution is -2.09. The predicted octanol–water partition coefficient (Wildman–Crippen LogP) is 2.78. The second-order valence-electron chi connectivity index (χ2n) is 3.34. The Bertz CT molecular complexity index is 152. The van der Waals surface area contributed by atoms with E-state index in [1.54, 1.807) is 0 Å². The molecule has 0 fully saturated rings. The van der Waals surface area contributed by atoms with Gasteiger partial charge in [0.15, 0.2) is 0 Å². The quantitative estimate of drug-likeness (QED) is 0.456. The van der Waals surface area contributed by atoms with Crippen molar-refractivity contribution in [3.05, 3.63) is 12.2 Å². The first kappa shape index (κ1) is 12.2. The average Bonchev–Trinajstić information content (AvgIpc) is 2.09. The number of carbonyl (C=O) groups excluding carboxylic acids is 1. The second kappa shape index (κ2) is 9.30. The molecular formula is C11H21NO. The van der Waals surface area contributed by atoms with Gasteiger partial charge in [-0.05, 0) is 26.2 Å². The Balaban J connectivity index is 2.95. The van der Waals surface area contributed by atoms with Crippen LogP contribution in [0.2, 0.25) is 0 Å². The molecule has 0 bridgehead atoms. The largest absolute Gasteiger partial charge is 0.370 e. The molecule has 2 N–H and O–H groups in total. The first-order chi connectivity index (χ1) is 6.27. The molecule has 2 heteroatoms. The minimum Gasteiger partial charge on any atom is -0.370 e. The molecule has 0 unspecified atom stereocenters. The van der Waals surface area contributed by atoms with Crippen LogP contribution in [0.15, 0.2) is 12.2 Å². The number of primary amides is 1. The number of rotatable bonds is 8. The summed E-state index contributed by atoms with van der Waals surface area (Å²) in [6.45, 7) is 2.05. The van der Waals surface area contributed by atoms with E-state index in [9.17, 15) is 4.79 Å². The minimum atomic E-state index is -0.172. The summed E-state index contributed by atoms with van der Waals surface area (Å²) in [4.78, 5) is 10.4. The zero-order valence-corrected chi connectivity index (χ0v) is 8.59. The van der Waals surface area contributed by atoms with E-state index < -0.39 is 0 Å². The highest BCUT2D eigenvalue weighted by Crippen LogP contribution is 2.07. The van der Waals surface area contributed by atoms with E-state index in [4.69, 9.17) is 5.73 Å². The Hall–Kier alpha value is -0.790. The third kappa shape index (κ3) is 11.2. The number of hydrogen-bond acceptors (Lipinski definition) is 1. The Morgan fingerprint density at radius 1 is 1.15 bits per heavy atom. The van der Waals surface area contributed by atoms with Gasteiger partial charge in [-0.25, -0.2) is 0 Å². The summed E-state index contributed by atoms with van der Waals surface area (Å²) < 4.78 is 0. The van der Waals surface area contributed by atoms with Crippen LogP contribution in [0.1, 0.15) is 51.9 Å². The van der Waals surface area contributed by atoms with Crippen LogP contribution in [-0.4, -0.2) is 5.91 Å². The molecule has 76 valence electrons. The fourth-order valence-corrected chi connectivity index (χ4v) is 1.26. The van der Waals surface area contributed by atoms with Crippen LogP contribution < -0.4 is 5.73 Å². The highest BCUT2D eigenvalue weighted by Gasteiger charge is 1.93. The van der Waals surface area contributed by atoms with Crippen molar-refractivity contribution in [1.29, 1.82) is 0 Å². The van der Waals surface area contributed by atoms with E-state index in [1.807, 2.05) is 6.92 Å². The van der Waals surface area contributed by atoms with Gasteiger partial charge in [0, 0.05) is 6.42 Å². The van der Waals surface area contributed by atoms with Crippen molar-refractivity contribution in [3.63, 3.8) is 0 Å². The van der Waals surface area contributed by atoms with Crippen molar-refractivity contribution in [1.82, 2.24) is 0 Å². The van der Waals surface area contributed by atoms with Gasteiger partial charge < -0.3 is 5.73 Å². The molecule has 0 spiro atoms. The zero-order valence-electron chi connectivity index (χ0n) is 8.59. The van der Waals surface area contributed by atoms with Crippen molar-refractivity contribution in [2.75, 3.05) is 0 Å². The number of allylic oxidation sites excluding steroid dienone is 2. The molecule has 0 saturated carbocycles. The maximum atomic E-state index is 10.4. The molecule has 13 heavy (non-hydrogen) atoms. The third-order valence-electron chi connectivity index (χ3n) is 2.03. The fourth-order valence-electron chi connectivity index (χ4n) is 1.26.